The molecule has 0 bridgehead atoms. The van der Waals surface area contributed by atoms with E-state index in [4.69, 9.17) is 0 Å². The average molecular weight is 338 g/mol. The van der Waals surface area contributed by atoms with E-state index >= 15 is 0 Å². The number of hydrogen-bond acceptors (Lipinski definition) is 2. The van der Waals surface area contributed by atoms with Gasteiger partial charge in [-0.15, -0.1) is 11.3 Å². The summed E-state index contributed by atoms with van der Waals surface area (Å²) >= 11 is 5.37. The highest BCUT2D eigenvalue weighted by atomic mass is 79.9. The molecule has 0 aliphatic heterocycles. The summed E-state index contributed by atoms with van der Waals surface area (Å²) in [6.07, 6.45) is 0. The first-order chi connectivity index (χ1) is 9.02. The second-order valence-corrected chi connectivity index (χ2v) is 7.44. The highest BCUT2D eigenvalue weighted by molar-refractivity contribution is 9.11. The summed E-state index contributed by atoms with van der Waals surface area (Å²) in [6.45, 7) is 9.71. The summed E-state index contributed by atoms with van der Waals surface area (Å²) in [4.78, 5) is 1.36. The number of thiophene rings is 1. The number of nitrogens with one attached hydrogen (secondary N) is 1. The van der Waals surface area contributed by atoms with Gasteiger partial charge in [-0.2, -0.15) is 0 Å². The van der Waals surface area contributed by atoms with Crippen molar-refractivity contribution in [1.82, 2.24) is 5.32 Å². The number of rotatable bonds is 4. The predicted molar refractivity (Wildman–Crippen MR) is 88.2 cm³/mol. The number of benzene rings is 1. The maximum atomic E-state index is 3.62. The van der Waals surface area contributed by atoms with Crippen LogP contribution in [0.15, 0.2) is 28.1 Å². The Morgan fingerprint density at radius 2 is 1.79 bits per heavy atom. The number of halogens is 1. The van der Waals surface area contributed by atoms with Crippen LogP contribution in [-0.4, -0.2) is 6.54 Å². The lowest BCUT2D eigenvalue weighted by molar-refractivity contribution is 0.633. The zero-order valence-electron chi connectivity index (χ0n) is 11.9. The van der Waals surface area contributed by atoms with Crippen LogP contribution in [0.1, 0.15) is 40.1 Å². The number of hydrogen-bond donors (Lipinski definition) is 1. The molecule has 1 atom stereocenters. The molecule has 0 radical (unpaired) electrons. The highest BCUT2D eigenvalue weighted by Gasteiger charge is 2.19. The lowest BCUT2D eigenvalue weighted by Crippen LogP contribution is -2.23. The fourth-order valence-corrected chi connectivity index (χ4v) is 4.19. The van der Waals surface area contributed by atoms with Crippen LogP contribution in [0.25, 0.3) is 0 Å². The van der Waals surface area contributed by atoms with Crippen molar-refractivity contribution in [3.63, 3.8) is 0 Å². The first-order valence-corrected chi connectivity index (χ1v) is 8.20. The molecule has 0 aliphatic rings. The van der Waals surface area contributed by atoms with Crippen molar-refractivity contribution >= 4 is 27.3 Å². The minimum Gasteiger partial charge on any atom is -0.306 e. The molecule has 0 aliphatic carbocycles. The minimum atomic E-state index is 0.293. The van der Waals surface area contributed by atoms with Crippen LogP contribution in [-0.2, 0) is 0 Å². The molecule has 1 heterocycles. The maximum absolute atomic E-state index is 3.62. The monoisotopic (exact) mass is 337 g/mol. The van der Waals surface area contributed by atoms with Crippen molar-refractivity contribution in [2.75, 3.05) is 6.54 Å². The topological polar surface area (TPSA) is 12.0 Å². The quantitative estimate of drug-likeness (QED) is 0.814. The Hall–Kier alpha value is -0.640. The van der Waals surface area contributed by atoms with Crippen molar-refractivity contribution < 1.29 is 0 Å². The molecule has 102 valence electrons. The van der Waals surface area contributed by atoms with E-state index in [1.54, 1.807) is 11.3 Å². The molecule has 1 aromatic heterocycles. The zero-order chi connectivity index (χ0) is 14.0. The van der Waals surface area contributed by atoms with Gasteiger partial charge in [0.25, 0.3) is 0 Å². The smallest absolute Gasteiger partial charge is 0.0702 e. The molecule has 0 fully saturated rings. The fraction of sp³-hybridized carbons (Fsp3) is 0.375. The summed E-state index contributed by atoms with van der Waals surface area (Å²) < 4.78 is 1.19. The fourth-order valence-electron chi connectivity index (χ4n) is 2.68. The number of aryl methyl sites for hydroxylation is 3. The van der Waals surface area contributed by atoms with Gasteiger partial charge in [-0.05, 0) is 72.1 Å². The molecule has 2 aromatic rings. The van der Waals surface area contributed by atoms with Crippen molar-refractivity contribution in [1.29, 1.82) is 0 Å². The Bertz CT molecular complexity index is 551. The second kappa shape index (κ2) is 6.21. The Labute approximate surface area is 128 Å². The van der Waals surface area contributed by atoms with Gasteiger partial charge in [-0.3, -0.25) is 0 Å². The Balaban J connectivity index is 2.51. The molecule has 3 heteroatoms. The second-order valence-electron chi connectivity index (χ2n) is 4.94. The molecule has 1 N–H and O–H groups in total. The van der Waals surface area contributed by atoms with E-state index in [-0.39, 0.29) is 0 Å². The van der Waals surface area contributed by atoms with E-state index in [0.717, 1.165) is 6.54 Å². The lowest BCUT2D eigenvalue weighted by atomic mass is 9.93. The van der Waals surface area contributed by atoms with Gasteiger partial charge >= 0.3 is 0 Å². The first kappa shape index (κ1) is 14.8. The van der Waals surface area contributed by atoms with Gasteiger partial charge in [0.2, 0.25) is 0 Å². The van der Waals surface area contributed by atoms with Crippen LogP contribution in [0.2, 0.25) is 0 Å². The third kappa shape index (κ3) is 3.28. The zero-order valence-corrected chi connectivity index (χ0v) is 14.3. The molecule has 19 heavy (non-hydrogen) atoms. The molecule has 1 nitrogen and oxygen atoms in total. The predicted octanol–water partition coefficient (Wildman–Crippen LogP) is 5.13. The van der Waals surface area contributed by atoms with E-state index in [9.17, 15) is 0 Å². The highest BCUT2D eigenvalue weighted by Crippen LogP contribution is 2.34. The summed E-state index contributed by atoms with van der Waals surface area (Å²) in [7, 11) is 0. The van der Waals surface area contributed by atoms with Crippen LogP contribution < -0.4 is 5.32 Å². The third-order valence-corrected chi connectivity index (χ3v) is 5.00. The molecule has 2 rings (SSSR count). The summed E-state index contributed by atoms with van der Waals surface area (Å²) in [6, 6.07) is 9.18. The van der Waals surface area contributed by atoms with Gasteiger partial charge < -0.3 is 5.32 Å². The standard InChI is InChI=1S/C16H20BrNS/c1-5-18-16(13-6-7-14(17)19-13)15-11(3)8-10(2)9-12(15)4/h6-9,16,18H,5H2,1-4H3. The largest absolute Gasteiger partial charge is 0.306 e. The maximum Gasteiger partial charge on any atom is 0.0702 e. The molecular formula is C16H20BrNS. The molecule has 1 aromatic carbocycles. The van der Waals surface area contributed by atoms with E-state index < -0.39 is 0 Å². The molecule has 0 spiro atoms. The van der Waals surface area contributed by atoms with E-state index in [2.05, 4.69) is 73.2 Å². The summed E-state index contributed by atoms with van der Waals surface area (Å²) in [5.41, 5.74) is 5.49. The van der Waals surface area contributed by atoms with Crippen molar-refractivity contribution in [3.05, 3.63) is 55.2 Å². The van der Waals surface area contributed by atoms with Crippen molar-refractivity contribution in [3.8, 4) is 0 Å². The molecule has 0 saturated carbocycles. The van der Waals surface area contributed by atoms with E-state index in [1.807, 2.05) is 0 Å². The SMILES string of the molecule is CCNC(c1ccc(Br)s1)c1c(C)cc(C)cc1C. The summed E-state index contributed by atoms with van der Waals surface area (Å²) in [5.74, 6) is 0. The van der Waals surface area contributed by atoms with Crippen LogP contribution in [0.5, 0.6) is 0 Å². The van der Waals surface area contributed by atoms with Gasteiger partial charge in [0, 0.05) is 4.88 Å². The van der Waals surface area contributed by atoms with Gasteiger partial charge in [0.1, 0.15) is 0 Å². The lowest BCUT2D eigenvalue weighted by Gasteiger charge is -2.22. The Morgan fingerprint density at radius 3 is 2.26 bits per heavy atom. The molecule has 1 unspecified atom stereocenters. The van der Waals surface area contributed by atoms with Crippen molar-refractivity contribution in [2.45, 2.75) is 33.7 Å². The Morgan fingerprint density at radius 1 is 1.16 bits per heavy atom. The van der Waals surface area contributed by atoms with Crippen molar-refractivity contribution in [2.24, 2.45) is 0 Å². The van der Waals surface area contributed by atoms with Crippen LogP contribution in [0, 0.1) is 20.8 Å². The van der Waals surface area contributed by atoms with Gasteiger partial charge in [0.05, 0.1) is 9.83 Å². The van der Waals surface area contributed by atoms with Gasteiger partial charge in [0.15, 0.2) is 0 Å². The molecule has 0 amide bonds. The van der Waals surface area contributed by atoms with E-state index in [0.29, 0.717) is 6.04 Å². The Kier molecular flexibility index (Phi) is 4.82. The summed E-state index contributed by atoms with van der Waals surface area (Å²) in [5, 5.41) is 3.62. The molecular weight excluding hydrogens is 318 g/mol. The minimum absolute atomic E-state index is 0.293. The molecule has 0 saturated heterocycles. The normalized spacial score (nSPS) is 12.7. The van der Waals surface area contributed by atoms with Crippen LogP contribution in [0.3, 0.4) is 0 Å². The third-order valence-electron chi connectivity index (χ3n) is 3.31. The van der Waals surface area contributed by atoms with E-state index in [1.165, 1.54) is 30.9 Å². The average Bonchev–Trinajstić information content (AvgIpc) is 2.73. The van der Waals surface area contributed by atoms with Gasteiger partial charge in [-0.25, -0.2) is 0 Å². The van der Waals surface area contributed by atoms with Gasteiger partial charge in [-0.1, -0.05) is 24.6 Å². The first-order valence-electron chi connectivity index (χ1n) is 6.59. The van der Waals surface area contributed by atoms with Crippen LogP contribution >= 0.6 is 27.3 Å². The van der Waals surface area contributed by atoms with Crippen LogP contribution in [0.4, 0.5) is 0 Å².